The summed E-state index contributed by atoms with van der Waals surface area (Å²) < 4.78 is 11.3. The Morgan fingerprint density at radius 1 is 1.08 bits per heavy atom. The number of ketones is 1. The molecule has 0 spiro atoms. The highest BCUT2D eigenvalue weighted by atomic mass is 16.5. The molecule has 1 aliphatic carbocycles. The fourth-order valence-corrected chi connectivity index (χ4v) is 2.83. The number of anilines is 1. The minimum absolute atomic E-state index is 0.121. The number of nitrogens with one attached hydrogen (secondary N) is 1. The molecule has 0 aromatic heterocycles. The Balaban J connectivity index is 1.58. The fourth-order valence-electron chi connectivity index (χ4n) is 2.83. The molecule has 25 heavy (non-hydrogen) atoms. The lowest BCUT2D eigenvalue weighted by atomic mass is 10.1. The highest BCUT2D eigenvalue weighted by molar-refractivity contribution is 6.01. The van der Waals surface area contributed by atoms with Gasteiger partial charge in [0.25, 0.3) is 0 Å². The van der Waals surface area contributed by atoms with Gasteiger partial charge in [-0.05, 0) is 24.6 Å². The number of rotatable bonds is 6. The number of phenolic OH excluding ortho intramolecular Hbond substituents is 1. The van der Waals surface area contributed by atoms with Gasteiger partial charge in [0, 0.05) is 24.5 Å². The van der Waals surface area contributed by atoms with Crippen LogP contribution in [0.2, 0.25) is 0 Å². The fraction of sp³-hybridized carbons (Fsp3) is 0.263. The number of aromatic hydroxyl groups is 1. The van der Waals surface area contributed by atoms with Crippen molar-refractivity contribution in [1.29, 1.82) is 0 Å². The maximum Gasteiger partial charge on any atom is 0.221 e. The van der Waals surface area contributed by atoms with Crippen LogP contribution in [-0.4, -0.2) is 30.0 Å². The quantitative estimate of drug-likeness (QED) is 0.623. The largest absolute Gasteiger partial charge is 0.503 e. The molecular formula is C19H19NO5. The molecule has 2 aromatic rings. The Hall–Kier alpha value is -3.02. The summed E-state index contributed by atoms with van der Waals surface area (Å²) in [5.41, 5.74) is 1.98. The topological polar surface area (TPSA) is 84.9 Å². The lowest BCUT2D eigenvalue weighted by Crippen LogP contribution is -2.11. The predicted octanol–water partition coefficient (Wildman–Crippen LogP) is 2.94. The third-order valence-corrected chi connectivity index (χ3v) is 3.94. The van der Waals surface area contributed by atoms with Gasteiger partial charge in [-0.1, -0.05) is 18.2 Å². The Bertz CT molecular complexity index is 815. The van der Waals surface area contributed by atoms with E-state index in [0.717, 1.165) is 11.1 Å². The number of ether oxygens (including phenoxy) is 2. The lowest BCUT2D eigenvalue weighted by molar-refractivity contribution is -0.114. The number of hydrogen-bond donors (Lipinski definition) is 2. The van der Waals surface area contributed by atoms with Crippen LogP contribution in [0.5, 0.6) is 17.2 Å². The molecular weight excluding hydrogens is 322 g/mol. The van der Waals surface area contributed by atoms with Crippen molar-refractivity contribution >= 4 is 17.4 Å². The molecule has 3 rings (SSSR count). The number of amides is 1. The van der Waals surface area contributed by atoms with E-state index in [2.05, 4.69) is 5.32 Å². The Morgan fingerprint density at radius 2 is 1.76 bits per heavy atom. The van der Waals surface area contributed by atoms with Crippen LogP contribution in [0.25, 0.3) is 0 Å². The molecule has 2 N–H and O–H groups in total. The maximum atomic E-state index is 11.7. The van der Waals surface area contributed by atoms with E-state index in [9.17, 15) is 14.7 Å². The van der Waals surface area contributed by atoms with Crippen LogP contribution in [0.3, 0.4) is 0 Å². The zero-order valence-electron chi connectivity index (χ0n) is 13.9. The average Bonchev–Trinajstić information content (AvgIpc) is 2.96. The van der Waals surface area contributed by atoms with Gasteiger partial charge in [0.05, 0.1) is 5.69 Å². The lowest BCUT2D eigenvalue weighted by Gasteiger charge is -2.13. The van der Waals surface area contributed by atoms with Gasteiger partial charge in [0.15, 0.2) is 17.3 Å². The van der Waals surface area contributed by atoms with Gasteiger partial charge in [-0.15, -0.1) is 0 Å². The second-order valence-corrected chi connectivity index (χ2v) is 5.74. The van der Waals surface area contributed by atoms with Gasteiger partial charge < -0.3 is 19.9 Å². The second-order valence-electron chi connectivity index (χ2n) is 5.74. The summed E-state index contributed by atoms with van der Waals surface area (Å²) in [6, 6.07) is 10.3. The first-order valence-electron chi connectivity index (χ1n) is 8.06. The summed E-state index contributed by atoms with van der Waals surface area (Å²) in [5.74, 6) is 0.718. The minimum atomic E-state index is -0.275. The molecule has 0 heterocycles. The molecule has 0 radical (unpaired) electrons. The monoisotopic (exact) mass is 341 g/mol. The number of fused-ring (bicyclic) bond motifs is 1. The van der Waals surface area contributed by atoms with Crippen LogP contribution in [-0.2, 0) is 11.2 Å². The summed E-state index contributed by atoms with van der Waals surface area (Å²) in [6.45, 7) is 1.85. The third-order valence-electron chi connectivity index (χ3n) is 3.94. The molecule has 0 saturated carbocycles. The number of carbonyl (C=O) groups is 2. The number of para-hydroxylation sites is 1. The summed E-state index contributed by atoms with van der Waals surface area (Å²) in [4.78, 5) is 22.8. The first kappa shape index (κ1) is 16.8. The van der Waals surface area contributed by atoms with Crippen molar-refractivity contribution in [3.63, 3.8) is 0 Å². The molecule has 0 saturated heterocycles. The van der Waals surface area contributed by atoms with Gasteiger partial charge >= 0.3 is 0 Å². The molecule has 1 amide bonds. The van der Waals surface area contributed by atoms with Crippen molar-refractivity contribution in [3.8, 4) is 17.2 Å². The molecule has 1 aliphatic rings. The van der Waals surface area contributed by atoms with E-state index in [1.54, 1.807) is 24.3 Å². The van der Waals surface area contributed by atoms with Crippen molar-refractivity contribution < 1.29 is 24.2 Å². The number of benzene rings is 2. The SMILES string of the molecule is CC(=O)Nc1cccc(OCCOc2cccc3c2CCC3=O)c1O. The van der Waals surface area contributed by atoms with E-state index in [1.807, 2.05) is 12.1 Å². The van der Waals surface area contributed by atoms with Crippen molar-refractivity contribution in [2.45, 2.75) is 19.8 Å². The van der Waals surface area contributed by atoms with Gasteiger partial charge in [-0.25, -0.2) is 0 Å². The van der Waals surface area contributed by atoms with Crippen LogP contribution in [0, 0.1) is 0 Å². The van der Waals surface area contributed by atoms with E-state index in [0.29, 0.717) is 24.3 Å². The molecule has 130 valence electrons. The number of Topliss-reactive ketones (excluding diaryl/α,β-unsaturated/α-hetero) is 1. The zero-order valence-corrected chi connectivity index (χ0v) is 13.9. The van der Waals surface area contributed by atoms with Crippen molar-refractivity contribution in [2.24, 2.45) is 0 Å². The molecule has 6 heteroatoms. The van der Waals surface area contributed by atoms with Crippen molar-refractivity contribution in [1.82, 2.24) is 0 Å². The van der Waals surface area contributed by atoms with Gasteiger partial charge in [0.1, 0.15) is 19.0 Å². The van der Waals surface area contributed by atoms with Gasteiger partial charge in [0.2, 0.25) is 5.91 Å². The number of carbonyl (C=O) groups excluding carboxylic acids is 2. The van der Waals surface area contributed by atoms with E-state index in [4.69, 9.17) is 9.47 Å². The van der Waals surface area contributed by atoms with Crippen LogP contribution >= 0.6 is 0 Å². The van der Waals surface area contributed by atoms with Gasteiger partial charge in [-0.3, -0.25) is 9.59 Å². The minimum Gasteiger partial charge on any atom is -0.503 e. The zero-order chi connectivity index (χ0) is 17.8. The molecule has 0 fully saturated rings. The smallest absolute Gasteiger partial charge is 0.221 e. The third kappa shape index (κ3) is 3.74. The Morgan fingerprint density at radius 3 is 2.52 bits per heavy atom. The summed E-state index contributed by atoms with van der Waals surface area (Å²) in [6.07, 6.45) is 1.22. The second kappa shape index (κ2) is 7.25. The average molecular weight is 341 g/mol. The number of hydrogen-bond acceptors (Lipinski definition) is 5. The van der Waals surface area contributed by atoms with E-state index in [-0.39, 0.29) is 36.4 Å². The van der Waals surface area contributed by atoms with E-state index >= 15 is 0 Å². The van der Waals surface area contributed by atoms with Crippen LogP contribution in [0.15, 0.2) is 36.4 Å². The van der Waals surface area contributed by atoms with E-state index in [1.165, 1.54) is 6.92 Å². The first-order chi connectivity index (χ1) is 12.1. The molecule has 2 aromatic carbocycles. The first-order valence-corrected chi connectivity index (χ1v) is 8.06. The van der Waals surface area contributed by atoms with Crippen LogP contribution < -0.4 is 14.8 Å². The Kier molecular flexibility index (Phi) is 4.88. The summed E-state index contributed by atoms with van der Waals surface area (Å²) in [5, 5.41) is 12.6. The standard InChI is InChI=1S/C19H19NO5/c1-12(21)20-15-5-3-7-18(19(15)23)25-11-10-24-17-6-2-4-13-14(17)8-9-16(13)22/h2-7,23H,8-11H2,1H3,(H,20,21). The summed E-state index contributed by atoms with van der Waals surface area (Å²) >= 11 is 0. The molecule has 0 bridgehead atoms. The maximum absolute atomic E-state index is 11.7. The summed E-state index contributed by atoms with van der Waals surface area (Å²) in [7, 11) is 0. The van der Waals surface area contributed by atoms with Crippen molar-refractivity contribution in [2.75, 3.05) is 18.5 Å². The molecule has 0 aliphatic heterocycles. The highest BCUT2D eigenvalue weighted by Gasteiger charge is 2.22. The molecule has 6 nitrogen and oxygen atoms in total. The van der Waals surface area contributed by atoms with Crippen molar-refractivity contribution in [3.05, 3.63) is 47.5 Å². The molecule has 0 unspecified atom stereocenters. The highest BCUT2D eigenvalue weighted by Crippen LogP contribution is 2.34. The Labute approximate surface area is 145 Å². The predicted molar refractivity (Wildman–Crippen MR) is 92.5 cm³/mol. The van der Waals surface area contributed by atoms with Crippen LogP contribution in [0.4, 0.5) is 5.69 Å². The number of phenols is 1. The van der Waals surface area contributed by atoms with E-state index < -0.39 is 0 Å². The normalized spacial score (nSPS) is 12.6. The molecule has 0 atom stereocenters. The van der Waals surface area contributed by atoms with Crippen LogP contribution in [0.1, 0.15) is 29.3 Å². The van der Waals surface area contributed by atoms with Gasteiger partial charge in [-0.2, -0.15) is 0 Å².